The zero-order chi connectivity index (χ0) is 21.2. The third-order valence-corrected chi connectivity index (χ3v) is 7.10. The Kier molecular flexibility index (Phi) is 5.70. The first-order valence-corrected chi connectivity index (χ1v) is 11.7. The molecule has 0 bridgehead atoms. The minimum Gasteiger partial charge on any atom is -0.376 e. The highest BCUT2D eigenvalue weighted by Gasteiger charge is 2.29. The van der Waals surface area contributed by atoms with Crippen LogP contribution in [0.3, 0.4) is 0 Å². The topological polar surface area (TPSA) is 71.5 Å². The molecule has 3 heterocycles. The Hall–Kier alpha value is -2.77. The van der Waals surface area contributed by atoms with Crippen LogP contribution in [0.1, 0.15) is 31.2 Å². The Labute approximate surface area is 185 Å². The van der Waals surface area contributed by atoms with Crippen LogP contribution in [0.25, 0.3) is 10.2 Å². The van der Waals surface area contributed by atoms with Crippen molar-refractivity contribution in [3.8, 4) is 0 Å². The van der Waals surface area contributed by atoms with Gasteiger partial charge in [0.2, 0.25) is 11.8 Å². The fourth-order valence-corrected chi connectivity index (χ4v) is 5.33. The molecule has 2 amide bonds. The number of rotatable bonds is 6. The molecule has 2 aliphatic rings. The predicted molar refractivity (Wildman–Crippen MR) is 122 cm³/mol. The Morgan fingerprint density at radius 3 is 2.87 bits per heavy atom. The molecule has 2 unspecified atom stereocenters. The first-order chi connectivity index (χ1) is 15.2. The van der Waals surface area contributed by atoms with Crippen LogP contribution < -0.4 is 10.2 Å². The van der Waals surface area contributed by atoms with Gasteiger partial charge in [-0.1, -0.05) is 41.7 Å². The number of benzene rings is 2. The van der Waals surface area contributed by atoms with Crippen molar-refractivity contribution in [3.63, 3.8) is 0 Å². The number of amides is 2. The Morgan fingerprint density at radius 2 is 2.03 bits per heavy atom. The minimum absolute atomic E-state index is 0.00112. The molecule has 1 saturated heterocycles. The van der Waals surface area contributed by atoms with Crippen molar-refractivity contribution in [3.05, 3.63) is 54.1 Å². The van der Waals surface area contributed by atoms with Crippen LogP contribution in [0.15, 0.2) is 48.5 Å². The molecule has 0 radical (unpaired) electrons. The number of nitrogens with one attached hydrogen (secondary N) is 1. The molecule has 2 aromatic carbocycles. The summed E-state index contributed by atoms with van der Waals surface area (Å²) in [5, 5.41) is 3.69. The maximum absolute atomic E-state index is 13.3. The average molecular weight is 436 g/mol. The first kappa shape index (κ1) is 20.2. The second kappa shape index (κ2) is 8.77. The molecule has 0 spiro atoms. The minimum atomic E-state index is -0.196. The number of ether oxygens (including phenoxy) is 1. The summed E-state index contributed by atoms with van der Waals surface area (Å²) in [5.41, 5.74) is 2.91. The Morgan fingerprint density at radius 1 is 1.19 bits per heavy atom. The summed E-state index contributed by atoms with van der Waals surface area (Å²) >= 11 is 1.53. The monoisotopic (exact) mass is 435 g/mol. The van der Waals surface area contributed by atoms with E-state index in [1.807, 2.05) is 48.5 Å². The maximum Gasteiger partial charge on any atom is 0.228 e. The smallest absolute Gasteiger partial charge is 0.228 e. The van der Waals surface area contributed by atoms with E-state index in [2.05, 4.69) is 5.32 Å². The number of hydrogen-bond donors (Lipinski definition) is 1. The van der Waals surface area contributed by atoms with Crippen molar-refractivity contribution in [1.29, 1.82) is 0 Å². The number of anilines is 2. The van der Waals surface area contributed by atoms with E-state index in [0.717, 1.165) is 40.9 Å². The van der Waals surface area contributed by atoms with Gasteiger partial charge in [0.1, 0.15) is 0 Å². The van der Waals surface area contributed by atoms with Crippen molar-refractivity contribution >= 4 is 44.2 Å². The highest BCUT2D eigenvalue weighted by molar-refractivity contribution is 7.22. The van der Waals surface area contributed by atoms with Crippen LogP contribution in [0.5, 0.6) is 0 Å². The first-order valence-electron chi connectivity index (χ1n) is 10.8. The molecule has 1 aromatic heterocycles. The Balaban J connectivity index is 1.31. The second-order valence-electron chi connectivity index (χ2n) is 8.19. The second-order valence-corrected chi connectivity index (χ2v) is 9.20. The van der Waals surface area contributed by atoms with E-state index in [9.17, 15) is 9.59 Å². The zero-order valence-corrected chi connectivity index (χ0v) is 18.1. The van der Waals surface area contributed by atoms with Crippen LogP contribution in [0, 0.1) is 5.92 Å². The van der Waals surface area contributed by atoms with E-state index >= 15 is 0 Å². The highest BCUT2D eigenvalue weighted by atomic mass is 32.1. The van der Waals surface area contributed by atoms with E-state index in [1.165, 1.54) is 11.3 Å². The molecule has 3 aromatic rings. The molecule has 160 valence electrons. The van der Waals surface area contributed by atoms with E-state index in [4.69, 9.17) is 9.72 Å². The van der Waals surface area contributed by atoms with Crippen molar-refractivity contribution in [1.82, 2.24) is 4.98 Å². The number of carbonyl (C=O) groups is 2. The third-order valence-electron chi connectivity index (χ3n) is 6.04. The lowest BCUT2D eigenvalue weighted by atomic mass is 9.89. The van der Waals surface area contributed by atoms with Gasteiger partial charge in [0.25, 0.3) is 0 Å². The van der Waals surface area contributed by atoms with Crippen molar-refractivity contribution in [2.45, 2.75) is 38.2 Å². The van der Waals surface area contributed by atoms with Gasteiger partial charge in [-0.2, -0.15) is 0 Å². The number of nitrogens with zero attached hydrogens (tertiary/aromatic N) is 2. The molecule has 7 heteroatoms. The number of carbonyl (C=O) groups excluding carboxylic acids is 2. The molecule has 2 atom stereocenters. The van der Waals surface area contributed by atoms with Gasteiger partial charge in [-0.3, -0.25) is 14.5 Å². The van der Waals surface area contributed by atoms with E-state index in [-0.39, 0.29) is 23.8 Å². The lowest BCUT2D eigenvalue weighted by Crippen LogP contribution is -2.38. The molecule has 1 N–H and O–H groups in total. The van der Waals surface area contributed by atoms with Gasteiger partial charge in [-0.15, -0.1) is 0 Å². The number of fused-ring (bicyclic) bond motifs is 2. The van der Waals surface area contributed by atoms with Gasteiger partial charge in [-0.25, -0.2) is 4.98 Å². The summed E-state index contributed by atoms with van der Waals surface area (Å²) in [6.07, 6.45) is 3.52. The maximum atomic E-state index is 13.3. The normalized spacial score (nSPS) is 20.5. The molecule has 0 aliphatic carbocycles. The fraction of sp³-hybridized carbons (Fsp3) is 0.375. The number of hydrogen-bond acceptors (Lipinski definition) is 5. The van der Waals surface area contributed by atoms with Gasteiger partial charge in [0.05, 0.1) is 22.9 Å². The van der Waals surface area contributed by atoms with Crippen LogP contribution in [0.4, 0.5) is 10.8 Å². The zero-order valence-electron chi connectivity index (χ0n) is 17.3. The summed E-state index contributed by atoms with van der Waals surface area (Å²) in [7, 11) is 0. The SMILES string of the molecule is O=C1Nc2ccccc2CC1CCC(=O)N(CC1CCCO1)c1nc2ccccc2s1. The summed E-state index contributed by atoms with van der Waals surface area (Å²) in [6.45, 7) is 1.26. The highest BCUT2D eigenvalue weighted by Crippen LogP contribution is 2.32. The quantitative estimate of drug-likeness (QED) is 0.623. The summed E-state index contributed by atoms with van der Waals surface area (Å²) < 4.78 is 6.86. The number of para-hydroxylation sites is 2. The largest absolute Gasteiger partial charge is 0.376 e. The molecule has 6 nitrogen and oxygen atoms in total. The molecule has 1 fully saturated rings. The number of thiazole rings is 1. The van der Waals surface area contributed by atoms with Crippen molar-refractivity contribution in [2.75, 3.05) is 23.4 Å². The van der Waals surface area contributed by atoms with Gasteiger partial charge in [0.15, 0.2) is 5.13 Å². The van der Waals surface area contributed by atoms with Crippen LogP contribution >= 0.6 is 11.3 Å². The molecule has 5 rings (SSSR count). The Bertz CT molecular complexity index is 1070. The fourth-order valence-electron chi connectivity index (χ4n) is 4.33. The molecule has 0 saturated carbocycles. The third kappa shape index (κ3) is 4.34. The van der Waals surface area contributed by atoms with E-state index in [1.54, 1.807) is 4.90 Å². The van der Waals surface area contributed by atoms with Gasteiger partial charge in [0, 0.05) is 24.6 Å². The predicted octanol–water partition coefficient (Wildman–Crippen LogP) is 4.40. The standard InChI is InChI=1S/C24H25N3O3S/c28-22(12-11-17-14-16-6-1-2-8-19(16)25-23(17)29)27(15-18-7-5-13-30-18)24-26-20-9-3-4-10-21(20)31-24/h1-4,6,8-10,17-18H,5,7,11-15H2,(H,25,29). The molecular formula is C24H25N3O3S. The average Bonchev–Trinajstić information content (AvgIpc) is 3.45. The molecular weight excluding hydrogens is 410 g/mol. The van der Waals surface area contributed by atoms with E-state index < -0.39 is 0 Å². The van der Waals surface area contributed by atoms with Gasteiger partial charge < -0.3 is 10.1 Å². The number of aromatic nitrogens is 1. The van der Waals surface area contributed by atoms with Crippen molar-refractivity contribution < 1.29 is 14.3 Å². The van der Waals surface area contributed by atoms with Crippen LogP contribution in [-0.4, -0.2) is 36.1 Å². The summed E-state index contributed by atoms with van der Waals surface area (Å²) in [4.78, 5) is 32.3. The van der Waals surface area contributed by atoms with Gasteiger partial charge in [-0.05, 0) is 49.4 Å². The van der Waals surface area contributed by atoms with E-state index in [0.29, 0.717) is 30.9 Å². The lowest BCUT2D eigenvalue weighted by molar-refractivity contribution is -0.121. The lowest BCUT2D eigenvalue weighted by Gasteiger charge is -2.26. The summed E-state index contributed by atoms with van der Waals surface area (Å²) in [6, 6.07) is 15.8. The molecule has 31 heavy (non-hydrogen) atoms. The molecule has 2 aliphatic heterocycles. The van der Waals surface area contributed by atoms with Crippen LogP contribution in [0.2, 0.25) is 0 Å². The van der Waals surface area contributed by atoms with Crippen molar-refractivity contribution in [2.24, 2.45) is 5.92 Å². The summed E-state index contributed by atoms with van der Waals surface area (Å²) in [5.74, 6) is -0.197. The van der Waals surface area contributed by atoms with Gasteiger partial charge >= 0.3 is 0 Å². The van der Waals surface area contributed by atoms with Crippen LogP contribution in [-0.2, 0) is 20.7 Å².